The number of nitrogens with one attached hydrogen (secondary N) is 1. The minimum Gasteiger partial charge on any atom is -0.378 e. The fourth-order valence-electron chi connectivity index (χ4n) is 2.31. The highest BCUT2D eigenvalue weighted by atomic mass is 15.2. The van der Waals surface area contributed by atoms with Gasteiger partial charge in [0, 0.05) is 19.8 Å². The first-order valence-electron chi connectivity index (χ1n) is 6.83. The Morgan fingerprint density at radius 2 is 1.65 bits per heavy atom. The van der Waals surface area contributed by atoms with Crippen molar-refractivity contribution in [3.05, 3.63) is 64.7 Å². The van der Waals surface area contributed by atoms with Crippen LogP contribution in [0.4, 0.5) is 5.69 Å². The normalized spacial score (nSPS) is 12.2. The second-order valence-electron chi connectivity index (χ2n) is 5.43. The van der Waals surface area contributed by atoms with E-state index < -0.39 is 0 Å². The number of rotatable bonds is 4. The average molecular weight is 269 g/mol. The molecule has 1 unspecified atom stereocenters. The second-order valence-corrected chi connectivity index (χ2v) is 5.43. The van der Waals surface area contributed by atoms with E-state index in [-0.39, 0.29) is 6.04 Å². The van der Waals surface area contributed by atoms with Gasteiger partial charge in [-0.3, -0.25) is 5.84 Å². The SMILES string of the molecule is Cc1ccc(C(NN)c2cccc(N(C)C)c2)cc1C. The molecule has 0 saturated carbocycles. The summed E-state index contributed by atoms with van der Waals surface area (Å²) in [4.78, 5) is 2.09. The maximum atomic E-state index is 5.79. The van der Waals surface area contributed by atoms with Crippen molar-refractivity contribution >= 4 is 5.69 Å². The predicted molar refractivity (Wildman–Crippen MR) is 85.9 cm³/mol. The van der Waals surface area contributed by atoms with Gasteiger partial charge >= 0.3 is 0 Å². The highest BCUT2D eigenvalue weighted by molar-refractivity contribution is 5.49. The van der Waals surface area contributed by atoms with Crippen LogP contribution in [0.1, 0.15) is 28.3 Å². The summed E-state index contributed by atoms with van der Waals surface area (Å²) in [5.41, 5.74) is 9.04. The summed E-state index contributed by atoms with van der Waals surface area (Å²) in [7, 11) is 4.08. The zero-order valence-corrected chi connectivity index (χ0v) is 12.6. The van der Waals surface area contributed by atoms with Gasteiger partial charge in [0.2, 0.25) is 0 Å². The number of hydrazine groups is 1. The van der Waals surface area contributed by atoms with Crippen molar-refractivity contribution in [2.45, 2.75) is 19.9 Å². The molecule has 0 saturated heterocycles. The summed E-state index contributed by atoms with van der Waals surface area (Å²) in [6, 6.07) is 14.9. The van der Waals surface area contributed by atoms with Crippen LogP contribution in [0.2, 0.25) is 0 Å². The lowest BCUT2D eigenvalue weighted by atomic mass is 9.96. The summed E-state index contributed by atoms with van der Waals surface area (Å²) in [6.45, 7) is 4.25. The largest absolute Gasteiger partial charge is 0.378 e. The van der Waals surface area contributed by atoms with Crippen molar-refractivity contribution in [3.8, 4) is 0 Å². The Kier molecular flexibility index (Phi) is 4.42. The molecule has 0 radical (unpaired) electrons. The van der Waals surface area contributed by atoms with E-state index in [1.807, 2.05) is 14.1 Å². The first-order valence-corrected chi connectivity index (χ1v) is 6.83. The highest BCUT2D eigenvalue weighted by Gasteiger charge is 2.13. The third kappa shape index (κ3) is 3.00. The molecule has 0 fully saturated rings. The Morgan fingerprint density at radius 3 is 2.25 bits per heavy atom. The van der Waals surface area contributed by atoms with Crippen LogP contribution in [0.25, 0.3) is 0 Å². The van der Waals surface area contributed by atoms with Crippen molar-refractivity contribution in [1.29, 1.82) is 0 Å². The van der Waals surface area contributed by atoms with Crippen LogP contribution < -0.4 is 16.2 Å². The van der Waals surface area contributed by atoms with E-state index in [4.69, 9.17) is 5.84 Å². The van der Waals surface area contributed by atoms with Crippen molar-refractivity contribution < 1.29 is 0 Å². The molecule has 0 spiro atoms. The molecule has 0 aliphatic rings. The molecule has 0 aliphatic heterocycles. The monoisotopic (exact) mass is 269 g/mol. The fourth-order valence-corrected chi connectivity index (χ4v) is 2.31. The lowest BCUT2D eigenvalue weighted by Crippen LogP contribution is -2.29. The number of benzene rings is 2. The van der Waals surface area contributed by atoms with Crippen LogP contribution in [0, 0.1) is 13.8 Å². The van der Waals surface area contributed by atoms with Crippen molar-refractivity contribution in [2.24, 2.45) is 5.84 Å². The van der Waals surface area contributed by atoms with Gasteiger partial charge in [0.1, 0.15) is 0 Å². The molecule has 0 bridgehead atoms. The van der Waals surface area contributed by atoms with E-state index >= 15 is 0 Å². The predicted octanol–water partition coefficient (Wildman–Crippen LogP) is 2.92. The van der Waals surface area contributed by atoms with Crippen molar-refractivity contribution in [3.63, 3.8) is 0 Å². The Bertz CT molecular complexity index is 591. The van der Waals surface area contributed by atoms with Gasteiger partial charge in [-0.1, -0.05) is 30.3 Å². The third-order valence-corrected chi connectivity index (χ3v) is 3.75. The van der Waals surface area contributed by atoms with E-state index in [0.717, 1.165) is 0 Å². The van der Waals surface area contributed by atoms with Gasteiger partial charge in [-0.05, 0) is 48.2 Å². The van der Waals surface area contributed by atoms with Crippen LogP contribution >= 0.6 is 0 Å². The zero-order valence-electron chi connectivity index (χ0n) is 12.6. The van der Waals surface area contributed by atoms with E-state index in [9.17, 15) is 0 Å². The molecule has 2 rings (SSSR count). The van der Waals surface area contributed by atoms with E-state index in [1.54, 1.807) is 0 Å². The quantitative estimate of drug-likeness (QED) is 0.662. The summed E-state index contributed by atoms with van der Waals surface area (Å²) in [6.07, 6.45) is 0. The molecule has 2 aromatic rings. The lowest BCUT2D eigenvalue weighted by molar-refractivity contribution is 0.636. The number of hydrogen-bond donors (Lipinski definition) is 2. The molecular weight excluding hydrogens is 246 g/mol. The lowest BCUT2D eigenvalue weighted by Gasteiger charge is -2.20. The molecule has 106 valence electrons. The number of anilines is 1. The minimum absolute atomic E-state index is 0.00852. The maximum Gasteiger partial charge on any atom is 0.0710 e. The molecule has 0 aliphatic carbocycles. The van der Waals surface area contributed by atoms with Crippen LogP contribution in [0.5, 0.6) is 0 Å². The Morgan fingerprint density at radius 1 is 0.950 bits per heavy atom. The van der Waals surface area contributed by atoms with Gasteiger partial charge in [-0.25, -0.2) is 5.43 Å². The van der Waals surface area contributed by atoms with Crippen LogP contribution in [0.15, 0.2) is 42.5 Å². The summed E-state index contributed by atoms with van der Waals surface area (Å²) in [5, 5.41) is 0. The second kappa shape index (κ2) is 6.07. The number of hydrogen-bond acceptors (Lipinski definition) is 3. The van der Waals surface area contributed by atoms with Gasteiger partial charge < -0.3 is 4.90 Å². The van der Waals surface area contributed by atoms with Crippen LogP contribution in [-0.4, -0.2) is 14.1 Å². The molecule has 3 nitrogen and oxygen atoms in total. The average Bonchev–Trinajstić information content (AvgIpc) is 2.44. The first-order chi connectivity index (χ1) is 9.52. The molecule has 2 aromatic carbocycles. The standard InChI is InChI=1S/C17H23N3/c1-12-8-9-15(10-13(12)2)17(19-18)14-6-5-7-16(11-14)20(3)4/h5-11,17,19H,18H2,1-4H3. The topological polar surface area (TPSA) is 41.3 Å². The molecule has 0 aromatic heterocycles. The third-order valence-electron chi connectivity index (χ3n) is 3.75. The van der Waals surface area contributed by atoms with Crippen molar-refractivity contribution in [2.75, 3.05) is 19.0 Å². The Labute approximate surface area is 121 Å². The number of nitrogens with zero attached hydrogens (tertiary/aromatic N) is 1. The van der Waals surface area contributed by atoms with Crippen LogP contribution in [0.3, 0.4) is 0 Å². The van der Waals surface area contributed by atoms with E-state index in [2.05, 4.69) is 66.6 Å². The number of nitrogens with two attached hydrogens (primary N) is 1. The van der Waals surface area contributed by atoms with E-state index in [0.29, 0.717) is 0 Å². The summed E-state index contributed by atoms with van der Waals surface area (Å²) in [5.74, 6) is 5.79. The smallest absolute Gasteiger partial charge is 0.0710 e. The van der Waals surface area contributed by atoms with Gasteiger partial charge in [0.05, 0.1) is 6.04 Å². The van der Waals surface area contributed by atoms with Crippen LogP contribution in [-0.2, 0) is 0 Å². The van der Waals surface area contributed by atoms with Gasteiger partial charge in [0.25, 0.3) is 0 Å². The van der Waals surface area contributed by atoms with Gasteiger partial charge in [-0.2, -0.15) is 0 Å². The molecular formula is C17H23N3. The fraction of sp³-hybridized carbons (Fsp3) is 0.294. The van der Waals surface area contributed by atoms with Gasteiger partial charge in [-0.15, -0.1) is 0 Å². The van der Waals surface area contributed by atoms with Gasteiger partial charge in [0.15, 0.2) is 0 Å². The molecule has 3 N–H and O–H groups in total. The first kappa shape index (κ1) is 14.6. The molecule has 0 amide bonds. The highest BCUT2D eigenvalue weighted by Crippen LogP contribution is 2.26. The molecule has 20 heavy (non-hydrogen) atoms. The minimum atomic E-state index is 0.00852. The summed E-state index contributed by atoms with van der Waals surface area (Å²) < 4.78 is 0. The molecule has 0 heterocycles. The summed E-state index contributed by atoms with van der Waals surface area (Å²) >= 11 is 0. The zero-order chi connectivity index (χ0) is 14.7. The Balaban J connectivity index is 2.41. The van der Waals surface area contributed by atoms with E-state index in [1.165, 1.54) is 27.9 Å². The maximum absolute atomic E-state index is 5.79. The van der Waals surface area contributed by atoms with Crippen molar-refractivity contribution in [1.82, 2.24) is 5.43 Å². The molecule has 3 heteroatoms. The Hall–Kier alpha value is -1.84. The number of aryl methyl sites for hydroxylation is 2. The molecule has 1 atom stereocenters.